The van der Waals surface area contributed by atoms with Crippen molar-refractivity contribution >= 4 is 15.9 Å². The molecule has 13 heavy (non-hydrogen) atoms. The van der Waals surface area contributed by atoms with Crippen LogP contribution in [0.5, 0.6) is 0 Å². The third-order valence-electron chi connectivity index (χ3n) is 1.40. The van der Waals surface area contributed by atoms with Crippen molar-refractivity contribution in [3.05, 3.63) is 0 Å². The van der Waals surface area contributed by atoms with Gasteiger partial charge in [0.1, 0.15) is 6.10 Å². The maximum absolute atomic E-state index is 11.2. The largest absolute Gasteiger partial charge is 0.371 e. The van der Waals surface area contributed by atoms with Crippen LogP contribution in [0.3, 0.4) is 0 Å². The number of hydrogen-bond acceptors (Lipinski definition) is 4. The van der Waals surface area contributed by atoms with E-state index in [1.807, 2.05) is 4.72 Å². The Morgan fingerprint density at radius 2 is 1.85 bits per heavy atom. The smallest absolute Gasteiger partial charge is 0.262 e. The molecule has 0 rings (SSSR count). The SMILES string of the molecule is COC(C(=O)NS(C)(=O)=O)C(C)C. The molecule has 78 valence electrons. The first kappa shape index (κ1) is 12.4. The Labute approximate surface area is 78.5 Å². The van der Waals surface area contributed by atoms with Gasteiger partial charge in [-0.25, -0.2) is 8.42 Å². The number of carbonyl (C=O) groups is 1. The first-order chi connectivity index (χ1) is 5.78. The van der Waals surface area contributed by atoms with Crippen LogP contribution in [0.15, 0.2) is 0 Å². The summed E-state index contributed by atoms with van der Waals surface area (Å²) in [7, 11) is -2.12. The van der Waals surface area contributed by atoms with Gasteiger partial charge >= 0.3 is 0 Å². The molecule has 1 amide bonds. The minimum Gasteiger partial charge on any atom is -0.371 e. The van der Waals surface area contributed by atoms with Crippen molar-refractivity contribution in [1.29, 1.82) is 0 Å². The van der Waals surface area contributed by atoms with E-state index >= 15 is 0 Å². The van der Waals surface area contributed by atoms with Gasteiger partial charge in [0.05, 0.1) is 6.26 Å². The third kappa shape index (κ3) is 4.84. The average molecular weight is 209 g/mol. The highest BCUT2D eigenvalue weighted by molar-refractivity contribution is 7.89. The molecule has 0 aromatic rings. The summed E-state index contributed by atoms with van der Waals surface area (Å²) >= 11 is 0. The van der Waals surface area contributed by atoms with Gasteiger partial charge in [0.2, 0.25) is 10.0 Å². The van der Waals surface area contributed by atoms with E-state index < -0.39 is 22.0 Å². The van der Waals surface area contributed by atoms with Crippen LogP contribution in [-0.4, -0.2) is 33.8 Å². The first-order valence-corrected chi connectivity index (χ1v) is 5.71. The summed E-state index contributed by atoms with van der Waals surface area (Å²) in [5.74, 6) is -0.688. The lowest BCUT2D eigenvalue weighted by atomic mass is 10.1. The Kier molecular flexibility index (Phi) is 4.35. The molecule has 5 nitrogen and oxygen atoms in total. The topological polar surface area (TPSA) is 72.5 Å². The highest BCUT2D eigenvalue weighted by Gasteiger charge is 2.23. The highest BCUT2D eigenvalue weighted by Crippen LogP contribution is 2.05. The van der Waals surface area contributed by atoms with Gasteiger partial charge in [-0.15, -0.1) is 0 Å². The van der Waals surface area contributed by atoms with E-state index in [0.717, 1.165) is 6.26 Å². The lowest BCUT2D eigenvalue weighted by Gasteiger charge is -2.17. The number of carbonyl (C=O) groups excluding carboxylic acids is 1. The molecular formula is C7H15NO4S. The van der Waals surface area contributed by atoms with Gasteiger partial charge in [0.15, 0.2) is 0 Å². The number of sulfonamides is 1. The fraction of sp³-hybridized carbons (Fsp3) is 0.857. The molecule has 0 heterocycles. The minimum absolute atomic E-state index is 0.0632. The maximum Gasteiger partial charge on any atom is 0.262 e. The van der Waals surface area contributed by atoms with Gasteiger partial charge in [0, 0.05) is 7.11 Å². The van der Waals surface area contributed by atoms with Crippen molar-refractivity contribution in [3.63, 3.8) is 0 Å². The van der Waals surface area contributed by atoms with Crippen molar-refractivity contribution < 1.29 is 17.9 Å². The van der Waals surface area contributed by atoms with Crippen LogP contribution in [0, 0.1) is 5.92 Å². The molecule has 0 radical (unpaired) electrons. The normalized spacial score (nSPS) is 14.2. The Balaban J connectivity index is 4.41. The number of rotatable bonds is 4. The summed E-state index contributed by atoms with van der Waals surface area (Å²) in [6.45, 7) is 3.55. The lowest BCUT2D eigenvalue weighted by Crippen LogP contribution is -2.41. The monoisotopic (exact) mass is 209 g/mol. The van der Waals surface area contributed by atoms with E-state index in [4.69, 9.17) is 4.74 Å². The Morgan fingerprint density at radius 1 is 1.38 bits per heavy atom. The maximum atomic E-state index is 11.2. The Bertz CT molecular complexity index is 270. The fourth-order valence-electron chi connectivity index (χ4n) is 0.923. The van der Waals surface area contributed by atoms with Crippen LogP contribution in [0.25, 0.3) is 0 Å². The van der Waals surface area contributed by atoms with Crippen molar-refractivity contribution in [3.8, 4) is 0 Å². The number of hydrogen-bond donors (Lipinski definition) is 1. The Hall–Kier alpha value is -0.620. The molecule has 6 heteroatoms. The number of nitrogens with one attached hydrogen (secondary N) is 1. The first-order valence-electron chi connectivity index (χ1n) is 3.82. The van der Waals surface area contributed by atoms with Gasteiger partial charge in [-0.05, 0) is 5.92 Å². The standard InChI is InChI=1S/C7H15NO4S/c1-5(2)6(12-3)7(9)8-13(4,10)11/h5-6H,1-4H3,(H,8,9). The van der Waals surface area contributed by atoms with E-state index in [-0.39, 0.29) is 5.92 Å². The minimum atomic E-state index is -3.49. The zero-order valence-electron chi connectivity index (χ0n) is 8.20. The molecule has 0 aliphatic heterocycles. The molecule has 1 unspecified atom stereocenters. The molecule has 0 fully saturated rings. The molecule has 0 aliphatic rings. The second kappa shape index (κ2) is 4.57. The molecule has 0 saturated carbocycles. The summed E-state index contributed by atoms with van der Waals surface area (Å²) in [5.41, 5.74) is 0. The molecule has 0 saturated heterocycles. The van der Waals surface area contributed by atoms with E-state index in [1.54, 1.807) is 13.8 Å². The number of ether oxygens (including phenoxy) is 1. The summed E-state index contributed by atoms with van der Waals surface area (Å²) in [6, 6.07) is 0. The average Bonchev–Trinajstić information content (AvgIpc) is 1.82. The van der Waals surface area contributed by atoms with E-state index in [0.29, 0.717) is 0 Å². The quantitative estimate of drug-likeness (QED) is 0.692. The zero-order valence-corrected chi connectivity index (χ0v) is 9.01. The van der Waals surface area contributed by atoms with Crippen LogP contribution in [0.2, 0.25) is 0 Å². The third-order valence-corrected chi connectivity index (χ3v) is 1.98. The van der Waals surface area contributed by atoms with Crippen molar-refractivity contribution in [2.45, 2.75) is 20.0 Å². The van der Waals surface area contributed by atoms with E-state index in [9.17, 15) is 13.2 Å². The van der Waals surface area contributed by atoms with Crippen molar-refractivity contribution in [1.82, 2.24) is 4.72 Å². The van der Waals surface area contributed by atoms with E-state index in [1.165, 1.54) is 7.11 Å². The molecular weight excluding hydrogens is 194 g/mol. The van der Waals surface area contributed by atoms with Crippen molar-refractivity contribution in [2.75, 3.05) is 13.4 Å². The molecule has 0 spiro atoms. The predicted molar refractivity (Wildman–Crippen MR) is 48.6 cm³/mol. The van der Waals surface area contributed by atoms with Gasteiger partial charge in [-0.2, -0.15) is 0 Å². The van der Waals surface area contributed by atoms with Crippen LogP contribution in [0.1, 0.15) is 13.8 Å². The summed E-state index contributed by atoms with van der Waals surface area (Å²) in [4.78, 5) is 11.2. The second-order valence-electron chi connectivity index (χ2n) is 3.14. The van der Waals surface area contributed by atoms with Crippen LogP contribution < -0.4 is 4.72 Å². The fourth-order valence-corrected chi connectivity index (χ4v) is 1.40. The van der Waals surface area contributed by atoms with E-state index in [2.05, 4.69) is 0 Å². The highest BCUT2D eigenvalue weighted by atomic mass is 32.2. The molecule has 0 bridgehead atoms. The van der Waals surface area contributed by atoms with Gasteiger partial charge < -0.3 is 4.74 Å². The molecule has 1 N–H and O–H groups in total. The second-order valence-corrected chi connectivity index (χ2v) is 4.89. The van der Waals surface area contributed by atoms with Gasteiger partial charge in [-0.3, -0.25) is 9.52 Å². The molecule has 0 aromatic carbocycles. The number of methoxy groups -OCH3 is 1. The zero-order chi connectivity index (χ0) is 10.6. The summed E-state index contributed by atoms with van der Waals surface area (Å²) in [5, 5.41) is 0. The van der Waals surface area contributed by atoms with Gasteiger partial charge in [0.25, 0.3) is 5.91 Å². The van der Waals surface area contributed by atoms with Gasteiger partial charge in [-0.1, -0.05) is 13.8 Å². The van der Waals surface area contributed by atoms with Crippen LogP contribution in [0.4, 0.5) is 0 Å². The predicted octanol–water partition coefficient (Wildman–Crippen LogP) is -0.267. The summed E-state index contributed by atoms with van der Waals surface area (Å²) in [6.07, 6.45) is 0.201. The molecule has 0 aliphatic carbocycles. The molecule has 0 aromatic heterocycles. The summed E-state index contributed by atoms with van der Waals surface area (Å²) < 4.78 is 28.1. The lowest BCUT2D eigenvalue weighted by molar-refractivity contribution is -0.131. The van der Waals surface area contributed by atoms with Crippen LogP contribution >= 0.6 is 0 Å². The van der Waals surface area contributed by atoms with Crippen LogP contribution in [-0.2, 0) is 19.6 Å². The number of amides is 1. The Morgan fingerprint density at radius 3 is 2.08 bits per heavy atom. The molecule has 1 atom stereocenters. The van der Waals surface area contributed by atoms with Crippen molar-refractivity contribution in [2.24, 2.45) is 5.92 Å².